The fourth-order valence-corrected chi connectivity index (χ4v) is 4.51. The van der Waals surface area contributed by atoms with Gasteiger partial charge in [0.25, 0.3) is 12.3 Å². The van der Waals surface area contributed by atoms with Crippen LogP contribution in [0.3, 0.4) is 0 Å². The van der Waals surface area contributed by atoms with Gasteiger partial charge in [0, 0.05) is 35.5 Å². The zero-order chi connectivity index (χ0) is 24.6. The van der Waals surface area contributed by atoms with Crippen LogP contribution in [-0.2, 0) is 15.1 Å². The van der Waals surface area contributed by atoms with Crippen molar-refractivity contribution in [3.63, 3.8) is 0 Å². The smallest absolute Gasteiger partial charge is 0.408 e. The maximum atomic E-state index is 14.8. The molecule has 0 radical (unpaired) electrons. The lowest BCUT2D eigenvalue weighted by atomic mass is 9.69. The number of rotatable bonds is 4. The second kappa shape index (κ2) is 9.47. The predicted molar refractivity (Wildman–Crippen MR) is 114 cm³/mol. The Kier molecular flexibility index (Phi) is 7.77. The van der Waals surface area contributed by atoms with E-state index in [0.29, 0.717) is 5.56 Å². The van der Waals surface area contributed by atoms with Gasteiger partial charge < -0.3 is 20.1 Å². The minimum Gasteiger partial charge on any atom is -0.444 e. The van der Waals surface area contributed by atoms with Crippen LogP contribution in [-0.4, -0.2) is 53.2 Å². The Morgan fingerprint density at radius 3 is 2.22 bits per heavy atom. The van der Waals surface area contributed by atoms with E-state index in [2.05, 4.69) is 0 Å². The van der Waals surface area contributed by atoms with E-state index in [1.807, 2.05) is 5.32 Å². The van der Waals surface area contributed by atoms with E-state index in [4.69, 9.17) is 16.3 Å². The number of amides is 2. The summed E-state index contributed by atoms with van der Waals surface area (Å²) in [6.45, 7) is 9.33. The van der Waals surface area contributed by atoms with Crippen molar-refractivity contribution < 1.29 is 32.6 Å². The first-order valence-corrected chi connectivity index (χ1v) is 10.7. The van der Waals surface area contributed by atoms with Crippen LogP contribution in [0, 0.1) is 24.6 Å². The van der Waals surface area contributed by atoms with Crippen molar-refractivity contribution in [1.82, 2.24) is 10.2 Å². The van der Waals surface area contributed by atoms with Crippen molar-refractivity contribution in [2.24, 2.45) is 11.8 Å². The van der Waals surface area contributed by atoms with Crippen LogP contribution in [0.5, 0.6) is 0 Å². The first-order chi connectivity index (χ1) is 14.6. The third-order valence-corrected chi connectivity index (χ3v) is 5.86. The van der Waals surface area contributed by atoms with Gasteiger partial charge in [0.15, 0.2) is 6.04 Å². The van der Waals surface area contributed by atoms with Gasteiger partial charge in [-0.25, -0.2) is 18.0 Å². The molecule has 1 fully saturated rings. The molecule has 0 saturated carbocycles. The second-order valence-corrected chi connectivity index (χ2v) is 9.84. The lowest BCUT2D eigenvalue weighted by Gasteiger charge is -2.49. The summed E-state index contributed by atoms with van der Waals surface area (Å²) in [6.07, 6.45) is -4.30. The third kappa shape index (κ3) is 5.49. The Labute approximate surface area is 191 Å². The largest absolute Gasteiger partial charge is 0.444 e. The van der Waals surface area contributed by atoms with Crippen LogP contribution in [0.2, 0.25) is 5.02 Å². The van der Waals surface area contributed by atoms with Crippen molar-refractivity contribution in [1.29, 1.82) is 0 Å². The standard InChI is InChI=1S/C22H30ClF3N2O4/c1-11-7-14(23)8-15(24)16(11)22(31)12(2)9-28(10-13(22)3)19(29)17(18(25)26)27-20(30)32-21(4,5)6/h7-8,12-13,17-18,31H,9-10H2,1-6H3,(H,27,30)/t12-,13+,17?,22?. The van der Waals surface area contributed by atoms with Crippen LogP contribution >= 0.6 is 11.6 Å². The molecule has 0 aromatic heterocycles. The number of hydrogen-bond donors (Lipinski definition) is 2. The summed E-state index contributed by atoms with van der Waals surface area (Å²) in [4.78, 5) is 26.0. The van der Waals surface area contributed by atoms with Crippen LogP contribution in [0.15, 0.2) is 12.1 Å². The number of piperidine rings is 1. The van der Waals surface area contributed by atoms with Crippen LogP contribution in [0.25, 0.3) is 0 Å². The number of hydrogen-bond acceptors (Lipinski definition) is 4. The zero-order valence-electron chi connectivity index (χ0n) is 19.0. The Balaban J connectivity index is 2.26. The predicted octanol–water partition coefficient (Wildman–Crippen LogP) is 4.25. The number of ether oxygens (including phenoxy) is 1. The molecule has 1 aromatic rings. The number of aryl methyl sites for hydroxylation is 1. The molecular formula is C22H30ClF3N2O4. The molecule has 1 saturated heterocycles. The molecule has 1 aliphatic heterocycles. The van der Waals surface area contributed by atoms with Crippen molar-refractivity contribution in [3.8, 4) is 0 Å². The number of likely N-dealkylation sites (tertiary alicyclic amines) is 1. The summed E-state index contributed by atoms with van der Waals surface area (Å²) in [5, 5.41) is 13.6. The molecule has 1 aliphatic rings. The highest BCUT2D eigenvalue weighted by Gasteiger charge is 2.50. The van der Waals surface area contributed by atoms with Crippen LogP contribution in [0.4, 0.5) is 18.0 Å². The highest BCUT2D eigenvalue weighted by molar-refractivity contribution is 6.30. The molecule has 180 valence electrons. The minimum absolute atomic E-state index is 0.0753. The van der Waals surface area contributed by atoms with Gasteiger partial charge in [0.2, 0.25) is 0 Å². The Morgan fingerprint density at radius 2 is 1.78 bits per heavy atom. The number of aliphatic hydroxyl groups is 1. The van der Waals surface area contributed by atoms with Crippen molar-refractivity contribution >= 4 is 23.6 Å². The number of benzene rings is 1. The number of carbonyl (C=O) groups is 2. The van der Waals surface area contributed by atoms with Crippen LogP contribution in [0.1, 0.15) is 45.7 Å². The average Bonchev–Trinajstić information content (AvgIpc) is 2.61. The zero-order valence-corrected chi connectivity index (χ0v) is 19.8. The molecule has 1 aromatic carbocycles. The number of alkyl halides is 2. The van der Waals surface area contributed by atoms with E-state index in [1.54, 1.807) is 41.5 Å². The number of nitrogens with zero attached hydrogens (tertiary/aromatic N) is 1. The van der Waals surface area contributed by atoms with E-state index in [-0.39, 0.29) is 23.7 Å². The van der Waals surface area contributed by atoms with Gasteiger partial charge in [0.1, 0.15) is 17.0 Å². The molecule has 0 aliphatic carbocycles. The highest BCUT2D eigenvalue weighted by atomic mass is 35.5. The molecular weight excluding hydrogens is 449 g/mol. The normalized spacial score (nSPS) is 24.9. The van der Waals surface area contributed by atoms with Gasteiger partial charge in [0.05, 0.1) is 0 Å². The summed E-state index contributed by atoms with van der Waals surface area (Å²) in [7, 11) is 0. The molecule has 32 heavy (non-hydrogen) atoms. The lowest BCUT2D eigenvalue weighted by Crippen LogP contribution is -2.61. The molecule has 4 atom stereocenters. The molecule has 2 amide bonds. The van der Waals surface area contributed by atoms with Crippen LogP contribution < -0.4 is 5.32 Å². The number of nitrogens with one attached hydrogen (secondary N) is 1. The SMILES string of the molecule is Cc1cc(Cl)cc(F)c1C1(O)[C@H](C)CN(C(=O)C(NC(=O)OC(C)(C)C)C(F)F)C[C@@H]1C. The Hall–Kier alpha value is -2.00. The molecule has 0 spiro atoms. The average molecular weight is 479 g/mol. The second-order valence-electron chi connectivity index (χ2n) is 9.41. The minimum atomic E-state index is -3.17. The summed E-state index contributed by atoms with van der Waals surface area (Å²) in [5.74, 6) is -3.05. The van der Waals surface area contributed by atoms with Crippen molar-refractivity contribution in [2.75, 3.05) is 13.1 Å². The van der Waals surface area contributed by atoms with E-state index >= 15 is 0 Å². The van der Waals surface area contributed by atoms with Crippen molar-refractivity contribution in [2.45, 2.75) is 65.2 Å². The lowest BCUT2D eigenvalue weighted by molar-refractivity contribution is -0.154. The molecule has 1 heterocycles. The van der Waals surface area contributed by atoms with E-state index < -0.39 is 53.3 Å². The first-order valence-electron chi connectivity index (χ1n) is 10.3. The van der Waals surface area contributed by atoms with Crippen molar-refractivity contribution in [3.05, 3.63) is 34.1 Å². The molecule has 0 bridgehead atoms. The topological polar surface area (TPSA) is 78.9 Å². The molecule has 6 nitrogen and oxygen atoms in total. The monoisotopic (exact) mass is 478 g/mol. The molecule has 2 unspecified atom stereocenters. The summed E-state index contributed by atoms with van der Waals surface area (Å²) in [6, 6.07) is 0.535. The van der Waals surface area contributed by atoms with Gasteiger partial charge >= 0.3 is 6.09 Å². The fraction of sp³-hybridized carbons (Fsp3) is 0.636. The molecule has 2 rings (SSSR count). The van der Waals surface area contributed by atoms with Gasteiger partial charge in [-0.2, -0.15) is 0 Å². The number of carbonyl (C=O) groups excluding carboxylic acids is 2. The maximum absolute atomic E-state index is 14.8. The third-order valence-electron chi connectivity index (χ3n) is 5.65. The summed E-state index contributed by atoms with van der Waals surface area (Å²) in [5.41, 5.74) is -2.04. The Morgan fingerprint density at radius 1 is 1.25 bits per heavy atom. The summed E-state index contributed by atoms with van der Waals surface area (Å²) >= 11 is 5.90. The van der Waals surface area contributed by atoms with Gasteiger partial charge in [-0.15, -0.1) is 0 Å². The summed E-state index contributed by atoms with van der Waals surface area (Å²) < 4.78 is 47.0. The molecule has 10 heteroatoms. The maximum Gasteiger partial charge on any atom is 0.408 e. The van der Waals surface area contributed by atoms with E-state index in [0.717, 1.165) is 11.0 Å². The highest BCUT2D eigenvalue weighted by Crippen LogP contribution is 2.44. The quantitative estimate of drug-likeness (QED) is 0.678. The van der Waals surface area contributed by atoms with E-state index in [1.165, 1.54) is 6.07 Å². The number of alkyl carbamates (subject to hydrolysis) is 1. The Bertz CT molecular complexity index is 840. The number of halogens is 4. The first kappa shape index (κ1) is 26.3. The van der Waals surface area contributed by atoms with Gasteiger partial charge in [-0.3, -0.25) is 4.79 Å². The molecule has 2 N–H and O–H groups in total. The fourth-order valence-electron chi connectivity index (χ4n) is 4.25. The van der Waals surface area contributed by atoms with E-state index in [9.17, 15) is 27.9 Å². The van der Waals surface area contributed by atoms with Gasteiger partial charge in [-0.05, 0) is 45.4 Å². The van der Waals surface area contributed by atoms with Gasteiger partial charge in [-0.1, -0.05) is 25.4 Å².